The fraction of sp³-hybridized carbons (Fsp3) is 0.250. The first-order valence-corrected chi connectivity index (χ1v) is 5.92. The molecule has 1 N–H and O–H groups in total. The van der Waals surface area contributed by atoms with Crippen LogP contribution < -0.4 is 5.32 Å². The van der Waals surface area contributed by atoms with Crippen molar-refractivity contribution in [2.45, 2.75) is 12.8 Å². The van der Waals surface area contributed by atoms with Crippen LogP contribution in [0.3, 0.4) is 0 Å². The van der Waals surface area contributed by atoms with Crippen LogP contribution >= 0.6 is 11.6 Å². The van der Waals surface area contributed by atoms with Crippen LogP contribution in [-0.4, -0.2) is 22.3 Å². The van der Waals surface area contributed by atoms with Gasteiger partial charge in [0.05, 0.1) is 16.7 Å². The second-order valence-corrected chi connectivity index (χ2v) is 4.28. The highest BCUT2D eigenvalue weighted by Crippen LogP contribution is 2.24. The van der Waals surface area contributed by atoms with Crippen LogP contribution in [0.2, 0.25) is 5.15 Å². The van der Waals surface area contributed by atoms with Gasteiger partial charge in [0.1, 0.15) is 5.84 Å². The minimum Gasteiger partial charge on any atom is -0.341 e. The van der Waals surface area contributed by atoms with Crippen LogP contribution in [0.5, 0.6) is 0 Å². The zero-order chi connectivity index (χ0) is 11.7. The van der Waals surface area contributed by atoms with Crippen LogP contribution in [0.1, 0.15) is 12.8 Å². The van der Waals surface area contributed by atoms with Crippen molar-refractivity contribution in [1.82, 2.24) is 9.97 Å². The predicted molar refractivity (Wildman–Crippen MR) is 69.7 cm³/mol. The molecule has 4 nitrogen and oxygen atoms in total. The van der Waals surface area contributed by atoms with Crippen molar-refractivity contribution >= 4 is 34.2 Å². The van der Waals surface area contributed by atoms with Crippen molar-refractivity contribution < 1.29 is 0 Å². The molecule has 0 aliphatic carbocycles. The number of pyridine rings is 2. The summed E-state index contributed by atoms with van der Waals surface area (Å²) in [5.74, 6) is 0.976. The highest BCUT2D eigenvalue weighted by Gasteiger charge is 2.10. The monoisotopic (exact) mass is 246 g/mol. The third-order valence-corrected chi connectivity index (χ3v) is 2.98. The molecule has 0 unspecified atom stereocenters. The number of aliphatic imine (C=N–C) groups is 1. The van der Waals surface area contributed by atoms with Crippen LogP contribution in [0.25, 0.3) is 11.0 Å². The molecular formula is C12H11ClN4. The molecule has 0 spiro atoms. The average molecular weight is 247 g/mol. The smallest absolute Gasteiger partial charge is 0.153 e. The lowest BCUT2D eigenvalue weighted by molar-refractivity contribution is 0.951. The fourth-order valence-electron chi connectivity index (χ4n) is 1.86. The van der Waals surface area contributed by atoms with E-state index in [1.54, 1.807) is 6.20 Å². The van der Waals surface area contributed by atoms with Crippen molar-refractivity contribution in [3.63, 3.8) is 0 Å². The van der Waals surface area contributed by atoms with Gasteiger partial charge < -0.3 is 5.32 Å². The lowest BCUT2D eigenvalue weighted by Crippen LogP contribution is -2.09. The Labute approximate surface area is 104 Å². The molecule has 17 heavy (non-hydrogen) atoms. The van der Waals surface area contributed by atoms with Crippen molar-refractivity contribution in [2.24, 2.45) is 4.99 Å². The van der Waals surface area contributed by atoms with Crippen molar-refractivity contribution in [3.8, 4) is 0 Å². The van der Waals surface area contributed by atoms with Gasteiger partial charge in [-0.15, -0.1) is 0 Å². The van der Waals surface area contributed by atoms with E-state index >= 15 is 0 Å². The van der Waals surface area contributed by atoms with E-state index in [1.807, 2.05) is 18.2 Å². The maximum atomic E-state index is 6.13. The van der Waals surface area contributed by atoms with E-state index in [9.17, 15) is 0 Å². The molecule has 0 radical (unpaired) electrons. The molecule has 0 fully saturated rings. The third kappa shape index (κ3) is 2.08. The summed E-state index contributed by atoms with van der Waals surface area (Å²) in [4.78, 5) is 12.9. The number of rotatable bonds is 1. The van der Waals surface area contributed by atoms with Gasteiger partial charge >= 0.3 is 0 Å². The standard InChI is InChI=1S/C12H11ClN4/c13-12-10(16-11-4-2-6-15-11)7-9-8(17-12)3-1-5-14-9/h1,3,5,7H,2,4,6H2,(H,15,16). The number of amidine groups is 1. The van der Waals surface area contributed by atoms with Crippen molar-refractivity contribution in [1.29, 1.82) is 0 Å². The van der Waals surface area contributed by atoms with Gasteiger partial charge in [0.25, 0.3) is 0 Å². The second-order valence-electron chi connectivity index (χ2n) is 3.93. The fourth-order valence-corrected chi connectivity index (χ4v) is 2.05. The molecule has 0 amide bonds. The molecule has 5 heteroatoms. The highest BCUT2D eigenvalue weighted by atomic mass is 35.5. The van der Waals surface area contributed by atoms with Gasteiger partial charge in [0, 0.05) is 19.2 Å². The maximum Gasteiger partial charge on any atom is 0.153 e. The normalized spacial score (nSPS) is 15.0. The molecule has 86 valence electrons. The van der Waals surface area contributed by atoms with Crippen molar-refractivity contribution in [2.75, 3.05) is 11.9 Å². The molecule has 0 saturated carbocycles. The minimum atomic E-state index is 0.458. The topological polar surface area (TPSA) is 50.2 Å². The number of nitrogens with zero attached hydrogens (tertiary/aromatic N) is 3. The van der Waals surface area contributed by atoms with Crippen molar-refractivity contribution in [3.05, 3.63) is 29.5 Å². The van der Waals surface area contributed by atoms with Gasteiger partial charge in [0.2, 0.25) is 0 Å². The molecule has 1 aliphatic rings. The molecule has 0 saturated heterocycles. The maximum absolute atomic E-state index is 6.13. The Kier molecular flexibility index (Phi) is 2.65. The Morgan fingerprint density at radius 2 is 2.24 bits per heavy atom. The summed E-state index contributed by atoms with van der Waals surface area (Å²) >= 11 is 6.13. The van der Waals surface area contributed by atoms with E-state index in [4.69, 9.17) is 11.6 Å². The average Bonchev–Trinajstić information content (AvgIpc) is 2.83. The largest absolute Gasteiger partial charge is 0.341 e. The Morgan fingerprint density at radius 1 is 1.29 bits per heavy atom. The molecule has 3 rings (SSSR count). The summed E-state index contributed by atoms with van der Waals surface area (Å²) in [6.07, 6.45) is 3.81. The molecule has 3 heterocycles. The van der Waals surface area contributed by atoms with Crippen LogP contribution in [-0.2, 0) is 0 Å². The third-order valence-electron chi connectivity index (χ3n) is 2.69. The SMILES string of the molecule is Clc1nc2cccnc2cc1NC1=NCCC1. The molecule has 2 aromatic rings. The molecule has 0 bridgehead atoms. The quantitative estimate of drug-likeness (QED) is 0.787. The Bertz CT molecular complexity index is 594. The lowest BCUT2D eigenvalue weighted by Gasteiger charge is -2.08. The second kappa shape index (κ2) is 4.30. The van der Waals surface area contributed by atoms with E-state index < -0.39 is 0 Å². The number of hydrogen-bond donors (Lipinski definition) is 1. The molecule has 0 aromatic carbocycles. The van der Waals surface area contributed by atoms with E-state index in [1.165, 1.54) is 0 Å². The van der Waals surface area contributed by atoms with Gasteiger partial charge in [-0.1, -0.05) is 11.6 Å². The Hall–Kier alpha value is -1.68. The molecule has 0 atom stereocenters. The first kappa shape index (κ1) is 10.5. The van der Waals surface area contributed by atoms with Crippen LogP contribution in [0, 0.1) is 0 Å². The molecule has 1 aliphatic heterocycles. The number of anilines is 1. The zero-order valence-electron chi connectivity index (χ0n) is 9.15. The van der Waals surface area contributed by atoms with E-state index in [2.05, 4.69) is 20.3 Å². The number of fused-ring (bicyclic) bond motifs is 1. The number of halogens is 1. The van der Waals surface area contributed by atoms with E-state index in [0.29, 0.717) is 5.15 Å². The Balaban J connectivity index is 2.00. The zero-order valence-corrected chi connectivity index (χ0v) is 9.91. The number of aromatic nitrogens is 2. The molecule has 2 aromatic heterocycles. The van der Waals surface area contributed by atoms with Gasteiger partial charge in [-0.05, 0) is 24.6 Å². The van der Waals surface area contributed by atoms with E-state index in [0.717, 1.165) is 41.9 Å². The Morgan fingerprint density at radius 3 is 3.06 bits per heavy atom. The van der Waals surface area contributed by atoms with Crippen LogP contribution in [0.4, 0.5) is 5.69 Å². The van der Waals surface area contributed by atoms with Crippen LogP contribution in [0.15, 0.2) is 29.4 Å². The lowest BCUT2D eigenvalue weighted by atomic mass is 10.3. The van der Waals surface area contributed by atoms with Gasteiger partial charge in [0.15, 0.2) is 5.15 Å². The minimum absolute atomic E-state index is 0.458. The van der Waals surface area contributed by atoms with E-state index in [-0.39, 0.29) is 0 Å². The summed E-state index contributed by atoms with van der Waals surface area (Å²) in [5.41, 5.74) is 2.41. The summed E-state index contributed by atoms with van der Waals surface area (Å²) < 4.78 is 0. The summed E-state index contributed by atoms with van der Waals surface area (Å²) in [5, 5.41) is 3.68. The number of nitrogens with one attached hydrogen (secondary N) is 1. The first-order chi connectivity index (χ1) is 8.33. The molecular weight excluding hydrogens is 236 g/mol. The van der Waals surface area contributed by atoms with Gasteiger partial charge in [-0.2, -0.15) is 0 Å². The predicted octanol–water partition coefficient (Wildman–Crippen LogP) is 2.89. The summed E-state index contributed by atoms with van der Waals surface area (Å²) in [7, 11) is 0. The highest BCUT2D eigenvalue weighted by molar-refractivity contribution is 6.33. The first-order valence-electron chi connectivity index (χ1n) is 5.54. The summed E-state index contributed by atoms with van der Waals surface area (Å²) in [6.45, 7) is 0.888. The summed E-state index contributed by atoms with van der Waals surface area (Å²) in [6, 6.07) is 5.65. The van der Waals surface area contributed by atoms with Gasteiger partial charge in [-0.25, -0.2) is 4.98 Å². The number of hydrogen-bond acceptors (Lipinski definition) is 4. The van der Waals surface area contributed by atoms with Gasteiger partial charge in [-0.3, -0.25) is 9.98 Å².